The van der Waals surface area contributed by atoms with Crippen molar-refractivity contribution in [3.63, 3.8) is 0 Å². The van der Waals surface area contributed by atoms with E-state index in [1.807, 2.05) is 11.8 Å². The van der Waals surface area contributed by atoms with Gasteiger partial charge < -0.3 is 10.4 Å². The van der Waals surface area contributed by atoms with Crippen molar-refractivity contribution in [1.29, 1.82) is 0 Å². The highest BCUT2D eigenvalue weighted by Gasteiger charge is 2.19. The molecule has 1 aromatic carbocycles. The molecule has 0 amide bonds. The summed E-state index contributed by atoms with van der Waals surface area (Å²) in [4.78, 5) is 1.36. The van der Waals surface area contributed by atoms with Crippen LogP contribution in [0.2, 0.25) is 0 Å². The quantitative estimate of drug-likeness (QED) is 0.623. The SMILES string of the molecule is CSc1ccc2c(c1)CCCC2NCCCO. The first kappa shape index (κ1) is 12.9. The number of thioether (sulfide) groups is 1. The molecule has 2 N–H and O–H groups in total. The third-order valence-electron chi connectivity index (χ3n) is 3.39. The Morgan fingerprint density at radius 1 is 1.47 bits per heavy atom. The molecule has 1 unspecified atom stereocenters. The van der Waals surface area contributed by atoms with Gasteiger partial charge in [-0.2, -0.15) is 0 Å². The minimum absolute atomic E-state index is 0.276. The maximum Gasteiger partial charge on any atom is 0.0443 e. The molecular formula is C14H21NOS. The van der Waals surface area contributed by atoms with Crippen LogP contribution in [0.3, 0.4) is 0 Å². The minimum atomic E-state index is 0.276. The molecule has 0 spiro atoms. The third-order valence-corrected chi connectivity index (χ3v) is 4.12. The highest BCUT2D eigenvalue weighted by molar-refractivity contribution is 7.98. The Hall–Kier alpha value is -0.510. The van der Waals surface area contributed by atoms with Crippen molar-refractivity contribution in [2.75, 3.05) is 19.4 Å². The van der Waals surface area contributed by atoms with Gasteiger partial charge in [-0.15, -0.1) is 11.8 Å². The van der Waals surface area contributed by atoms with Crippen molar-refractivity contribution in [1.82, 2.24) is 5.32 Å². The fourth-order valence-corrected chi connectivity index (χ4v) is 2.95. The normalized spacial score (nSPS) is 19.1. The van der Waals surface area contributed by atoms with Crippen LogP contribution >= 0.6 is 11.8 Å². The molecule has 1 aliphatic rings. The number of aliphatic hydroxyl groups excluding tert-OH is 1. The molecule has 0 heterocycles. The lowest BCUT2D eigenvalue weighted by Crippen LogP contribution is -2.26. The van der Waals surface area contributed by atoms with E-state index in [0.717, 1.165) is 13.0 Å². The molecule has 3 heteroatoms. The van der Waals surface area contributed by atoms with Crippen LogP contribution in [0.1, 0.15) is 36.4 Å². The molecule has 17 heavy (non-hydrogen) atoms. The Bertz CT molecular complexity index is 367. The predicted molar refractivity (Wildman–Crippen MR) is 73.6 cm³/mol. The van der Waals surface area contributed by atoms with Crippen LogP contribution in [0, 0.1) is 0 Å². The van der Waals surface area contributed by atoms with Crippen molar-refractivity contribution >= 4 is 11.8 Å². The van der Waals surface area contributed by atoms with Crippen molar-refractivity contribution in [3.05, 3.63) is 29.3 Å². The summed E-state index contributed by atoms with van der Waals surface area (Å²) in [7, 11) is 0. The van der Waals surface area contributed by atoms with E-state index < -0.39 is 0 Å². The first-order valence-corrected chi connectivity index (χ1v) is 7.58. The summed E-state index contributed by atoms with van der Waals surface area (Å²) in [6.07, 6.45) is 6.66. The summed E-state index contributed by atoms with van der Waals surface area (Å²) < 4.78 is 0. The molecule has 2 rings (SSSR count). The van der Waals surface area contributed by atoms with Crippen LogP contribution in [-0.4, -0.2) is 24.5 Å². The van der Waals surface area contributed by atoms with E-state index in [9.17, 15) is 0 Å². The van der Waals surface area contributed by atoms with E-state index in [2.05, 4.69) is 29.8 Å². The number of aliphatic hydroxyl groups is 1. The van der Waals surface area contributed by atoms with Gasteiger partial charge in [0, 0.05) is 17.5 Å². The van der Waals surface area contributed by atoms with Crippen molar-refractivity contribution in [3.8, 4) is 0 Å². The van der Waals surface area contributed by atoms with Gasteiger partial charge in [-0.05, 0) is 61.7 Å². The van der Waals surface area contributed by atoms with Gasteiger partial charge in [-0.3, -0.25) is 0 Å². The van der Waals surface area contributed by atoms with Gasteiger partial charge >= 0.3 is 0 Å². The van der Waals surface area contributed by atoms with Crippen molar-refractivity contribution in [2.45, 2.75) is 36.6 Å². The van der Waals surface area contributed by atoms with Gasteiger partial charge in [-0.25, -0.2) is 0 Å². The number of hydrogen-bond donors (Lipinski definition) is 2. The Balaban J connectivity index is 2.08. The number of fused-ring (bicyclic) bond motifs is 1. The predicted octanol–water partition coefficient (Wildman–Crippen LogP) is 2.76. The molecule has 0 saturated heterocycles. The molecular weight excluding hydrogens is 230 g/mol. The highest BCUT2D eigenvalue weighted by atomic mass is 32.2. The van der Waals surface area contributed by atoms with Gasteiger partial charge in [0.05, 0.1) is 0 Å². The maximum atomic E-state index is 8.82. The van der Waals surface area contributed by atoms with Crippen LogP contribution < -0.4 is 5.32 Å². The molecule has 0 radical (unpaired) electrons. The largest absolute Gasteiger partial charge is 0.396 e. The molecule has 0 fully saturated rings. The summed E-state index contributed by atoms with van der Waals surface area (Å²) in [5.74, 6) is 0. The van der Waals surface area contributed by atoms with Gasteiger partial charge in [0.15, 0.2) is 0 Å². The van der Waals surface area contributed by atoms with Crippen molar-refractivity contribution in [2.24, 2.45) is 0 Å². The summed E-state index contributed by atoms with van der Waals surface area (Å²) in [6, 6.07) is 7.31. The van der Waals surface area contributed by atoms with Gasteiger partial charge in [-0.1, -0.05) is 6.07 Å². The lowest BCUT2D eigenvalue weighted by molar-refractivity contribution is 0.281. The number of hydrogen-bond acceptors (Lipinski definition) is 3. The summed E-state index contributed by atoms with van der Waals surface area (Å²) in [5.41, 5.74) is 2.97. The first-order chi connectivity index (χ1) is 8.35. The fraction of sp³-hybridized carbons (Fsp3) is 0.571. The first-order valence-electron chi connectivity index (χ1n) is 6.36. The van der Waals surface area contributed by atoms with E-state index in [-0.39, 0.29) is 6.61 Å². The van der Waals surface area contributed by atoms with Gasteiger partial charge in [0.2, 0.25) is 0 Å². The van der Waals surface area contributed by atoms with E-state index >= 15 is 0 Å². The summed E-state index contributed by atoms with van der Waals surface area (Å²) in [6.45, 7) is 1.18. The molecule has 1 atom stereocenters. The Morgan fingerprint density at radius 2 is 2.35 bits per heavy atom. The fourth-order valence-electron chi connectivity index (χ4n) is 2.49. The smallest absolute Gasteiger partial charge is 0.0443 e. The molecule has 0 aromatic heterocycles. The monoisotopic (exact) mass is 251 g/mol. The Morgan fingerprint density at radius 3 is 3.12 bits per heavy atom. The van der Waals surface area contributed by atoms with E-state index in [1.165, 1.54) is 35.3 Å². The van der Waals surface area contributed by atoms with Crippen LogP contribution in [0.5, 0.6) is 0 Å². The Labute approximate surface area is 108 Å². The van der Waals surface area contributed by atoms with Crippen LogP contribution in [-0.2, 0) is 6.42 Å². The summed E-state index contributed by atoms with van der Waals surface area (Å²) in [5, 5.41) is 12.4. The van der Waals surface area contributed by atoms with E-state index in [0.29, 0.717) is 6.04 Å². The topological polar surface area (TPSA) is 32.3 Å². The Kier molecular flexibility index (Phi) is 4.89. The number of benzene rings is 1. The lowest BCUT2D eigenvalue weighted by Gasteiger charge is -2.27. The second kappa shape index (κ2) is 6.43. The van der Waals surface area contributed by atoms with Crippen LogP contribution in [0.15, 0.2) is 23.1 Å². The zero-order chi connectivity index (χ0) is 12.1. The van der Waals surface area contributed by atoms with Crippen molar-refractivity contribution < 1.29 is 5.11 Å². The number of nitrogens with one attached hydrogen (secondary N) is 1. The zero-order valence-corrected chi connectivity index (χ0v) is 11.2. The molecule has 1 aromatic rings. The van der Waals surface area contributed by atoms with Crippen LogP contribution in [0.25, 0.3) is 0 Å². The molecule has 2 nitrogen and oxygen atoms in total. The van der Waals surface area contributed by atoms with Crippen LogP contribution in [0.4, 0.5) is 0 Å². The molecule has 94 valence electrons. The molecule has 0 saturated carbocycles. The maximum absolute atomic E-state index is 8.82. The van der Waals surface area contributed by atoms with E-state index in [1.54, 1.807) is 0 Å². The second-order valence-electron chi connectivity index (χ2n) is 4.54. The zero-order valence-electron chi connectivity index (χ0n) is 10.4. The second-order valence-corrected chi connectivity index (χ2v) is 5.42. The van der Waals surface area contributed by atoms with Gasteiger partial charge in [0.25, 0.3) is 0 Å². The summed E-state index contributed by atoms with van der Waals surface area (Å²) >= 11 is 1.81. The molecule has 0 aliphatic heterocycles. The average Bonchev–Trinajstić information content (AvgIpc) is 2.38. The minimum Gasteiger partial charge on any atom is -0.396 e. The van der Waals surface area contributed by atoms with E-state index in [4.69, 9.17) is 5.11 Å². The standard InChI is InChI=1S/C14H21NOS/c1-17-12-6-7-13-11(10-12)4-2-5-14(13)15-8-3-9-16/h6-7,10,14-16H,2-5,8-9H2,1H3. The highest BCUT2D eigenvalue weighted by Crippen LogP contribution is 2.32. The molecule has 1 aliphatic carbocycles. The molecule has 0 bridgehead atoms. The lowest BCUT2D eigenvalue weighted by atomic mass is 9.87. The number of aryl methyl sites for hydroxylation is 1. The van der Waals surface area contributed by atoms with Gasteiger partial charge in [0.1, 0.15) is 0 Å². The number of rotatable bonds is 5. The third kappa shape index (κ3) is 3.24. The average molecular weight is 251 g/mol.